The van der Waals surface area contributed by atoms with Crippen LogP contribution >= 0.6 is 0 Å². The first kappa shape index (κ1) is 12.8. The van der Waals surface area contributed by atoms with Crippen LogP contribution in [0, 0.1) is 6.92 Å². The van der Waals surface area contributed by atoms with Gasteiger partial charge in [0.15, 0.2) is 0 Å². The zero-order chi connectivity index (χ0) is 13.2. The molecule has 1 aromatic heterocycles. The van der Waals surface area contributed by atoms with Crippen LogP contribution in [0.5, 0.6) is 0 Å². The molecule has 0 spiro atoms. The lowest BCUT2D eigenvalue weighted by Gasteiger charge is -2.00. The number of hydrogen-bond donors (Lipinski definition) is 0. The van der Waals surface area contributed by atoms with E-state index in [4.69, 9.17) is 4.52 Å². The molecule has 0 aliphatic rings. The average Bonchev–Trinajstić information content (AvgIpc) is 2.76. The van der Waals surface area contributed by atoms with Gasteiger partial charge in [0.25, 0.3) is 0 Å². The topological polar surface area (TPSA) is 68.3 Å². The van der Waals surface area contributed by atoms with E-state index in [1.807, 2.05) is 19.1 Å². The molecule has 6 heteroatoms. The Labute approximate surface area is 106 Å². The van der Waals surface area contributed by atoms with Crippen molar-refractivity contribution in [1.29, 1.82) is 0 Å². The monoisotopic (exact) mass is 265 g/mol. The maximum absolute atomic E-state index is 11.9. The van der Waals surface area contributed by atoms with E-state index in [1.54, 1.807) is 25.3 Å². The molecule has 0 aliphatic carbocycles. The van der Waals surface area contributed by atoms with Gasteiger partial charge in [0.05, 0.1) is 5.69 Å². The van der Waals surface area contributed by atoms with Crippen LogP contribution in [-0.4, -0.2) is 26.4 Å². The molecule has 0 amide bonds. The predicted molar refractivity (Wildman–Crippen MR) is 71.2 cm³/mol. The van der Waals surface area contributed by atoms with Gasteiger partial charge < -0.3 is 4.52 Å². The molecule has 0 aliphatic heterocycles. The fourth-order valence-electron chi connectivity index (χ4n) is 1.38. The Bertz CT molecular complexity index is 652. The van der Waals surface area contributed by atoms with Crippen molar-refractivity contribution in [3.05, 3.63) is 30.2 Å². The summed E-state index contributed by atoms with van der Waals surface area (Å²) in [5.41, 5.74) is 1.55. The van der Waals surface area contributed by atoms with Crippen molar-refractivity contribution in [1.82, 2.24) is 10.1 Å². The van der Waals surface area contributed by atoms with Crippen molar-refractivity contribution in [2.24, 2.45) is 4.36 Å². The zero-order valence-electron chi connectivity index (χ0n) is 10.6. The van der Waals surface area contributed by atoms with Gasteiger partial charge in [-0.15, -0.1) is 0 Å². The van der Waals surface area contributed by atoms with Crippen LogP contribution in [-0.2, 0) is 9.73 Å². The van der Waals surface area contributed by atoms with Crippen molar-refractivity contribution < 1.29 is 8.73 Å². The molecule has 0 radical (unpaired) electrons. The van der Waals surface area contributed by atoms with E-state index >= 15 is 0 Å². The molecule has 96 valence electrons. The molecule has 0 saturated heterocycles. The second-order valence-electron chi connectivity index (χ2n) is 4.02. The highest BCUT2D eigenvalue weighted by Gasteiger charge is 2.05. The van der Waals surface area contributed by atoms with Crippen LogP contribution in [0.15, 0.2) is 33.2 Å². The second kappa shape index (κ2) is 4.89. The normalized spacial score (nSPS) is 14.2. The van der Waals surface area contributed by atoms with E-state index < -0.39 is 9.73 Å². The van der Waals surface area contributed by atoms with Gasteiger partial charge in [-0.25, -0.2) is 4.21 Å². The van der Waals surface area contributed by atoms with E-state index in [-0.39, 0.29) is 0 Å². The number of aryl methyl sites for hydroxylation is 1. The van der Waals surface area contributed by atoms with E-state index in [9.17, 15) is 4.21 Å². The quantitative estimate of drug-likeness (QED) is 0.855. The average molecular weight is 265 g/mol. The van der Waals surface area contributed by atoms with Crippen molar-refractivity contribution >= 4 is 15.4 Å². The van der Waals surface area contributed by atoms with Gasteiger partial charge in [-0.2, -0.15) is 9.35 Å². The summed E-state index contributed by atoms with van der Waals surface area (Å²) >= 11 is 0. The predicted octanol–water partition coefficient (Wildman–Crippen LogP) is 2.79. The SMILES string of the molecule is CCS(C)(=O)=Nc1ccc(-c2noc(C)n2)cc1. The van der Waals surface area contributed by atoms with Crippen LogP contribution in [0.1, 0.15) is 12.8 Å². The smallest absolute Gasteiger partial charge is 0.223 e. The van der Waals surface area contributed by atoms with Crippen molar-refractivity contribution in [2.75, 3.05) is 12.0 Å². The van der Waals surface area contributed by atoms with Crippen LogP contribution < -0.4 is 0 Å². The van der Waals surface area contributed by atoms with Crippen LogP contribution in [0.4, 0.5) is 5.69 Å². The maximum Gasteiger partial charge on any atom is 0.223 e. The Balaban J connectivity index is 2.31. The van der Waals surface area contributed by atoms with E-state index in [2.05, 4.69) is 14.5 Å². The zero-order valence-corrected chi connectivity index (χ0v) is 11.4. The van der Waals surface area contributed by atoms with E-state index in [1.165, 1.54) is 0 Å². The van der Waals surface area contributed by atoms with Gasteiger partial charge in [-0.1, -0.05) is 12.1 Å². The lowest BCUT2D eigenvalue weighted by atomic mass is 10.2. The number of rotatable bonds is 3. The summed E-state index contributed by atoms with van der Waals surface area (Å²) < 4.78 is 21.0. The molecule has 0 saturated carbocycles. The summed E-state index contributed by atoms with van der Waals surface area (Å²) in [5, 5.41) is 3.83. The summed E-state index contributed by atoms with van der Waals surface area (Å²) in [7, 11) is -2.12. The van der Waals surface area contributed by atoms with Crippen molar-refractivity contribution in [2.45, 2.75) is 13.8 Å². The largest absolute Gasteiger partial charge is 0.339 e. The lowest BCUT2D eigenvalue weighted by Crippen LogP contribution is -1.97. The molecular weight excluding hydrogens is 250 g/mol. The highest BCUT2D eigenvalue weighted by Crippen LogP contribution is 2.21. The fraction of sp³-hybridized carbons (Fsp3) is 0.333. The summed E-state index contributed by atoms with van der Waals surface area (Å²) in [6.07, 6.45) is 1.66. The molecule has 1 atom stereocenters. The number of benzene rings is 1. The molecule has 2 aromatic rings. The summed E-state index contributed by atoms with van der Waals surface area (Å²) in [6.45, 7) is 3.61. The Hall–Kier alpha value is -1.69. The van der Waals surface area contributed by atoms with Crippen LogP contribution in [0.25, 0.3) is 11.4 Å². The summed E-state index contributed by atoms with van der Waals surface area (Å²) in [6, 6.07) is 7.29. The van der Waals surface area contributed by atoms with Gasteiger partial charge in [0.2, 0.25) is 11.7 Å². The Kier molecular flexibility index (Phi) is 3.47. The molecular formula is C12H15N3O2S. The minimum absolute atomic E-state index is 0.529. The van der Waals surface area contributed by atoms with Crippen molar-refractivity contribution in [3.8, 4) is 11.4 Å². The minimum atomic E-state index is -2.12. The molecule has 18 heavy (non-hydrogen) atoms. The maximum atomic E-state index is 11.9. The Morgan fingerprint density at radius 1 is 1.33 bits per heavy atom. The third-order valence-electron chi connectivity index (χ3n) is 2.49. The number of nitrogens with zero attached hydrogens (tertiary/aromatic N) is 3. The first-order valence-electron chi connectivity index (χ1n) is 5.61. The van der Waals surface area contributed by atoms with E-state index in [0.717, 1.165) is 5.56 Å². The molecule has 0 bridgehead atoms. The fourth-order valence-corrected chi connectivity index (χ4v) is 2.07. The first-order valence-corrected chi connectivity index (χ1v) is 7.70. The van der Waals surface area contributed by atoms with Crippen LogP contribution in [0.2, 0.25) is 0 Å². The third kappa shape index (κ3) is 2.95. The number of aromatic nitrogens is 2. The standard InChI is InChI=1S/C12H15N3O2S/c1-4-18(3,16)15-11-7-5-10(6-8-11)12-13-9(2)17-14-12/h5-8H,4H2,1-3H3. The molecule has 1 heterocycles. The summed E-state index contributed by atoms with van der Waals surface area (Å²) in [5.74, 6) is 1.62. The van der Waals surface area contributed by atoms with Gasteiger partial charge in [-0.05, 0) is 24.3 Å². The Morgan fingerprint density at radius 3 is 2.50 bits per heavy atom. The van der Waals surface area contributed by atoms with Crippen LogP contribution in [0.3, 0.4) is 0 Å². The highest BCUT2D eigenvalue weighted by atomic mass is 32.2. The summed E-state index contributed by atoms with van der Waals surface area (Å²) in [4.78, 5) is 4.14. The molecule has 0 N–H and O–H groups in total. The lowest BCUT2D eigenvalue weighted by molar-refractivity contribution is 0.394. The first-order chi connectivity index (χ1) is 8.50. The molecule has 1 unspecified atom stereocenters. The number of hydrogen-bond acceptors (Lipinski definition) is 5. The molecule has 2 rings (SSSR count). The third-order valence-corrected chi connectivity index (χ3v) is 4.16. The molecule has 1 aromatic carbocycles. The second-order valence-corrected chi connectivity index (χ2v) is 6.70. The minimum Gasteiger partial charge on any atom is -0.339 e. The Morgan fingerprint density at radius 2 is 2.00 bits per heavy atom. The molecule has 0 fully saturated rings. The highest BCUT2D eigenvalue weighted by molar-refractivity contribution is 7.93. The van der Waals surface area contributed by atoms with Gasteiger partial charge >= 0.3 is 0 Å². The van der Waals surface area contributed by atoms with Gasteiger partial charge in [0, 0.05) is 34.2 Å². The van der Waals surface area contributed by atoms with Gasteiger partial charge in [-0.3, -0.25) is 0 Å². The van der Waals surface area contributed by atoms with Crippen molar-refractivity contribution in [3.63, 3.8) is 0 Å². The van der Waals surface area contributed by atoms with E-state index in [0.29, 0.717) is 23.2 Å². The molecule has 5 nitrogen and oxygen atoms in total. The van der Waals surface area contributed by atoms with Gasteiger partial charge in [0.1, 0.15) is 0 Å².